The van der Waals surface area contributed by atoms with Gasteiger partial charge in [0.05, 0.1) is 6.61 Å². The van der Waals surface area contributed by atoms with Crippen LogP contribution < -0.4 is 0 Å². The molecule has 0 saturated carbocycles. The highest BCUT2D eigenvalue weighted by atomic mass is 79.9. The van der Waals surface area contributed by atoms with Crippen LogP contribution in [0.15, 0.2) is 36.4 Å². The zero-order valence-electron chi connectivity index (χ0n) is 9.44. The van der Waals surface area contributed by atoms with E-state index in [-0.39, 0.29) is 6.10 Å². The lowest BCUT2D eigenvalue weighted by Gasteiger charge is -2.15. The Morgan fingerprint density at radius 2 is 2.06 bits per heavy atom. The molecule has 2 nitrogen and oxygen atoms in total. The Bertz CT molecular complexity index is 384. The molecule has 1 heterocycles. The van der Waals surface area contributed by atoms with Crippen molar-refractivity contribution >= 4 is 20.4 Å². The quantitative estimate of drug-likeness (QED) is 0.826. The van der Waals surface area contributed by atoms with Crippen LogP contribution in [0, 0.1) is 0 Å². The minimum absolute atomic E-state index is 0.0181. The summed E-state index contributed by atoms with van der Waals surface area (Å²) in [6.45, 7) is 4.46. The summed E-state index contributed by atoms with van der Waals surface area (Å²) in [6, 6.07) is 10.1. The first-order chi connectivity index (χ1) is 7.57. The fourth-order valence-electron chi connectivity index (χ4n) is 1.65. The van der Waals surface area contributed by atoms with Gasteiger partial charge < -0.3 is 9.47 Å². The van der Waals surface area contributed by atoms with E-state index in [1.807, 2.05) is 38.1 Å². The second-order valence-corrected chi connectivity index (χ2v) is 5.10. The second-order valence-electron chi connectivity index (χ2n) is 4.25. The molecule has 1 aliphatic heterocycles. The molecule has 1 aromatic carbocycles. The molecule has 0 aliphatic carbocycles. The van der Waals surface area contributed by atoms with E-state index < -0.39 is 5.79 Å². The third-order valence-electron chi connectivity index (χ3n) is 2.41. The molecule has 16 heavy (non-hydrogen) atoms. The molecule has 0 radical (unpaired) electrons. The van der Waals surface area contributed by atoms with Gasteiger partial charge in [-0.05, 0) is 25.5 Å². The van der Waals surface area contributed by atoms with Crippen LogP contribution >= 0.6 is 15.9 Å². The molecule has 1 aliphatic rings. The zero-order chi connectivity index (χ0) is 11.6. The number of rotatable bonds is 2. The highest BCUT2D eigenvalue weighted by Gasteiger charge is 2.31. The van der Waals surface area contributed by atoms with E-state index in [0.717, 1.165) is 10.0 Å². The van der Waals surface area contributed by atoms with Gasteiger partial charge in [-0.1, -0.05) is 46.3 Å². The van der Waals surface area contributed by atoms with Crippen LogP contribution in [-0.4, -0.2) is 18.5 Å². The lowest BCUT2D eigenvalue weighted by Crippen LogP contribution is -2.20. The first-order valence-corrected chi connectivity index (χ1v) is 6.11. The monoisotopic (exact) mass is 282 g/mol. The molecule has 2 rings (SSSR count). The average molecular weight is 283 g/mol. The molecule has 0 N–H and O–H groups in total. The van der Waals surface area contributed by atoms with E-state index in [4.69, 9.17) is 9.47 Å². The SMILES string of the molecule is CC1(C)OC[C@H](/C=C(/Br)c2ccccc2)O1. The topological polar surface area (TPSA) is 18.5 Å². The summed E-state index contributed by atoms with van der Waals surface area (Å²) in [5, 5.41) is 0. The van der Waals surface area contributed by atoms with E-state index in [2.05, 4.69) is 28.1 Å². The Labute approximate surface area is 104 Å². The summed E-state index contributed by atoms with van der Waals surface area (Å²) in [5.74, 6) is -0.467. The first kappa shape index (κ1) is 11.8. The van der Waals surface area contributed by atoms with Crippen molar-refractivity contribution in [1.82, 2.24) is 0 Å². The summed E-state index contributed by atoms with van der Waals surface area (Å²) in [7, 11) is 0. The van der Waals surface area contributed by atoms with Crippen molar-refractivity contribution in [3.05, 3.63) is 42.0 Å². The van der Waals surface area contributed by atoms with Crippen molar-refractivity contribution < 1.29 is 9.47 Å². The summed E-state index contributed by atoms with van der Waals surface area (Å²) in [4.78, 5) is 0. The van der Waals surface area contributed by atoms with Gasteiger partial charge in [-0.15, -0.1) is 0 Å². The number of hydrogen-bond acceptors (Lipinski definition) is 2. The van der Waals surface area contributed by atoms with E-state index in [1.54, 1.807) is 0 Å². The van der Waals surface area contributed by atoms with Crippen LogP contribution in [0.1, 0.15) is 19.4 Å². The molecular weight excluding hydrogens is 268 g/mol. The molecule has 0 bridgehead atoms. The number of ether oxygens (including phenoxy) is 2. The molecule has 0 amide bonds. The van der Waals surface area contributed by atoms with Gasteiger partial charge in [0.15, 0.2) is 5.79 Å². The maximum atomic E-state index is 5.71. The smallest absolute Gasteiger partial charge is 0.163 e. The van der Waals surface area contributed by atoms with E-state index in [9.17, 15) is 0 Å². The molecule has 3 heteroatoms. The molecule has 1 saturated heterocycles. The molecule has 0 unspecified atom stereocenters. The fourth-order valence-corrected chi connectivity index (χ4v) is 2.21. The van der Waals surface area contributed by atoms with Crippen LogP contribution in [0.3, 0.4) is 0 Å². The summed E-state index contributed by atoms with van der Waals surface area (Å²) in [5.41, 5.74) is 1.15. The number of hydrogen-bond donors (Lipinski definition) is 0. The lowest BCUT2D eigenvalue weighted by molar-refractivity contribution is -0.133. The van der Waals surface area contributed by atoms with Gasteiger partial charge in [-0.3, -0.25) is 0 Å². The van der Waals surface area contributed by atoms with Gasteiger partial charge in [0.25, 0.3) is 0 Å². The molecule has 0 spiro atoms. The molecule has 86 valence electrons. The minimum Gasteiger partial charge on any atom is -0.347 e. The average Bonchev–Trinajstić information content (AvgIpc) is 2.59. The predicted molar refractivity (Wildman–Crippen MR) is 68.3 cm³/mol. The Morgan fingerprint density at radius 1 is 1.38 bits per heavy atom. The normalized spacial score (nSPS) is 24.7. The van der Waals surface area contributed by atoms with Crippen LogP contribution in [0.5, 0.6) is 0 Å². The Morgan fingerprint density at radius 3 is 2.62 bits per heavy atom. The molecule has 0 aromatic heterocycles. The van der Waals surface area contributed by atoms with Gasteiger partial charge in [0.1, 0.15) is 6.10 Å². The van der Waals surface area contributed by atoms with Crippen molar-refractivity contribution in [2.45, 2.75) is 25.7 Å². The van der Waals surface area contributed by atoms with Crippen molar-refractivity contribution in [1.29, 1.82) is 0 Å². The molecule has 1 aromatic rings. The summed E-state index contributed by atoms with van der Waals surface area (Å²) >= 11 is 3.56. The summed E-state index contributed by atoms with van der Waals surface area (Å²) < 4.78 is 12.3. The predicted octanol–water partition coefficient (Wildman–Crippen LogP) is 3.57. The van der Waals surface area contributed by atoms with E-state index in [1.165, 1.54) is 0 Å². The van der Waals surface area contributed by atoms with Gasteiger partial charge >= 0.3 is 0 Å². The maximum absolute atomic E-state index is 5.71. The van der Waals surface area contributed by atoms with Gasteiger partial charge in [0.2, 0.25) is 0 Å². The van der Waals surface area contributed by atoms with Gasteiger partial charge in [0, 0.05) is 4.48 Å². The largest absolute Gasteiger partial charge is 0.347 e. The highest BCUT2D eigenvalue weighted by Crippen LogP contribution is 2.27. The van der Waals surface area contributed by atoms with Crippen LogP contribution in [-0.2, 0) is 9.47 Å². The van der Waals surface area contributed by atoms with Crippen LogP contribution in [0.25, 0.3) is 4.48 Å². The first-order valence-electron chi connectivity index (χ1n) is 5.31. The molecule has 1 atom stereocenters. The standard InChI is InChI=1S/C13H15BrO2/c1-13(2)15-9-11(16-13)8-12(14)10-6-4-3-5-7-10/h3-8,11H,9H2,1-2H3/b12-8+/t11-/m0/s1. The Balaban J connectivity index is 2.08. The van der Waals surface area contributed by atoms with Gasteiger partial charge in [-0.25, -0.2) is 0 Å². The van der Waals surface area contributed by atoms with E-state index in [0.29, 0.717) is 6.61 Å². The van der Waals surface area contributed by atoms with Crippen molar-refractivity contribution in [2.75, 3.05) is 6.61 Å². The number of halogens is 1. The third kappa shape index (κ3) is 2.94. The molecule has 1 fully saturated rings. The number of benzene rings is 1. The van der Waals surface area contributed by atoms with Crippen LogP contribution in [0.2, 0.25) is 0 Å². The maximum Gasteiger partial charge on any atom is 0.163 e. The van der Waals surface area contributed by atoms with E-state index >= 15 is 0 Å². The summed E-state index contributed by atoms with van der Waals surface area (Å²) in [6.07, 6.45) is 2.06. The lowest BCUT2D eigenvalue weighted by atomic mass is 10.2. The van der Waals surface area contributed by atoms with Crippen molar-refractivity contribution in [2.24, 2.45) is 0 Å². The molecular formula is C13H15BrO2. The second kappa shape index (κ2) is 4.70. The third-order valence-corrected chi connectivity index (χ3v) is 3.13. The fraction of sp³-hybridized carbons (Fsp3) is 0.385. The highest BCUT2D eigenvalue weighted by molar-refractivity contribution is 9.15. The Hall–Kier alpha value is -0.640. The van der Waals surface area contributed by atoms with Gasteiger partial charge in [-0.2, -0.15) is 0 Å². The van der Waals surface area contributed by atoms with Crippen LogP contribution in [0.4, 0.5) is 0 Å². The zero-order valence-corrected chi connectivity index (χ0v) is 11.0. The minimum atomic E-state index is -0.467. The Kier molecular flexibility index (Phi) is 3.47. The van der Waals surface area contributed by atoms with Crippen molar-refractivity contribution in [3.8, 4) is 0 Å². The van der Waals surface area contributed by atoms with Crippen molar-refractivity contribution in [3.63, 3.8) is 0 Å².